The molecule has 4 heteroatoms. The molecule has 0 spiro atoms. The molecule has 0 saturated heterocycles. The van der Waals surface area contributed by atoms with Crippen LogP contribution in [0.2, 0.25) is 19.6 Å². The van der Waals surface area contributed by atoms with Gasteiger partial charge < -0.3 is 9.15 Å². The lowest BCUT2D eigenvalue weighted by atomic mass is 10.1. The molecule has 0 bridgehead atoms. The molecule has 1 aliphatic rings. The summed E-state index contributed by atoms with van der Waals surface area (Å²) in [6, 6.07) is 2.14. The van der Waals surface area contributed by atoms with Crippen molar-refractivity contribution in [3.8, 4) is 0 Å². The van der Waals surface area contributed by atoms with Gasteiger partial charge in [-0.2, -0.15) is 0 Å². The molecule has 0 fully saturated rings. The zero-order chi connectivity index (χ0) is 12.8. The van der Waals surface area contributed by atoms with E-state index in [1.165, 1.54) is 0 Å². The minimum absolute atomic E-state index is 0.131. The summed E-state index contributed by atoms with van der Waals surface area (Å²) >= 11 is 0. The van der Waals surface area contributed by atoms with Crippen LogP contribution in [0.1, 0.15) is 25.2 Å². The van der Waals surface area contributed by atoms with Gasteiger partial charge in [0.15, 0.2) is 5.76 Å². The number of aryl methyl sites for hydroxylation is 1. The molecule has 94 valence electrons. The van der Waals surface area contributed by atoms with Crippen molar-refractivity contribution in [3.63, 3.8) is 0 Å². The molecule has 0 N–H and O–H groups in total. The molecule has 0 aromatic carbocycles. The highest BCUT2D eigenvalue weighted by atomic mass is 28.3. The van der Waals surface area contributed by atoms with E-state index >= 15 is 0 Å². The molecular weight excluding hydrogens is 230 g/mol. The molecule has 0 saturated carbocycles. The van der Waals surface area contributed by atoms with Gasteiger partial charge in [-0.25, -0.2) is 4.99 Å². The normalized spacial score (nSPS) is 19.1. The topological polar surface area (TPSA) is 34.7 Å². The number of furan rings is 1. The highest BCUT2D eigenvalue weighted by Gasteiger charge is 2.31. The highest BCUT2D eigenvalue weighted by Crippen LogP contribution is 2.23. The predicted molar refractivity (Wildman–Crippen MR) is 73.0 cm³/mol. The van der Waals surface area contributed by atoms with Gasteiger partial charge in [0.05, 0.1) is 10.9 Å². The van der Waals surface area contributed by atoms with E-state index in [0.717, 1.165) is 16.7 Å². The Labute approximate surface area is 104 Å². The first-order chi connectivity index (χ1) is 7.69. The van der Waals surface area contributed by atoms with Crippen LogP contribution in [0.5, 0.6) is 0 Å². The lowest BCUT2D eigenvalue weighted by molar-refractivity contribution is 0.275. The molecule has 2 heterocycles. The molecular formula is C13H21NO2Si. The lowest BCUT2D eigenvalue weighted by Gasteiger charge is -2.10. The van der Waals surface area contributed by atoms with E-state index in [0.29, 0.717) is 12.5 Å². The van der Waals surface area contributed by atoms with Crippen molar-refractivity contribution in [1.82, 2.24) is 0 Å². The van der Waals surface area contributed by atoms with Crippen LogP contribution in [-0.4, -0.2) is 26.1 Å². The number of hydrogen-bond donors (Lipinski definition) is 0. The van der Waals surface area contributed by atoms with Crippen LogP contribution in [0.4, 0.5) is 0 Å². The summed E-state index contributed by atoms with van der Waals surface area (Å²) < 4.78 is 11.6. The molecule has 0 aliphatic carbocycles. The van der Waals surface area contributed by atoms with Gasteiger partial charge in [-0.05, 0) is 26.8 Å². The van der Waals surface area contributed by atoms with E-state index in [1.807, 2.05) is 0 Å². The van der Waals surface area contributed by atoms with Crippen molar-refractivity contribution in [1.29, 1.82) is 0 Å². The molecule has 1 aromatic rings. The molecule has 1 aromatic heterocycles. The summed E-state index contributed by atoms with van der Waals surface area (Å²) in [5, 5.41) is 1.11. The van der Waals surface area contributed by atoms with Crippen LogP contribution < -0.4 is 5.38 Å². The average Bonchev–Trinajstić information content (AvgIpc) is 2.68. The molecule has 2 rings (SSSR count). The van der Waals surface area contributed by atoms with Crippen molar-refractivity contribution >= 4 is 19.4 Å². The second-order valence-corrected chi connectivity index (χ2v) is 11.4. The fourth-order valence-electron chi connectivity index (χ4n) is 1.76. The van der Waals surface area contributed by atoms with E-state index in [2.05, 4.69) is 51.5 Å². The average molecular weight is 251 g/mol. The van der Waals surface area contributed by atoms with Gasteiger partial charge in [0, 0.05) is 5.56 Å². The minimum atomic E-state index is -1.41. The van der Waals surface area contributed by atoms with Crippen molar-refractivity contribution in [2.75, 3.05) is 6.61 Å². The van der Waals surface area contributed by atoms with Crippen LogP contribution in [0.25, 0.3) is 0 Å². The van der Waals surface area contributed by atoms with Gasteiger partial charge in [0.1, 0.15) is 14.7 Å². The van der Waals surface area contributed by atoms with Gasteiger partial charge in [-0.1, -0.05) is 19.6 Å². The van der Waals surface area contributed by atoms with Crippen molar-refractivity contribution in [3.05, 3.63) is 17.4 Å². The van der Waals surface area contributed by atoms with Gasteiger partial charge >= 0.3 is 0 Å². The second kappa shape index (κ2) is 3.73. The van der Waals surface area contributed by atoms with Crippen LogP contribution >= 0.6 is 0 Å². The van der Waals surface area contributed by atoms with Crippen LogP contribution in [0, 0.1) is 6.92 Å². The summed E-state index contributed by atoms with van der Waals surface area (Å²) in [5.41, 5.74) is 0.993. The third-order valence-electron chi connectivity index (χ3n) is 2.82. The van der Waals surface area contributed by atoms with E-state index in [9.17, 15) is 0 Å². The second-order valence-electron chi connectivity index (χ2n) is 6.39. The maximum absolute atomic E-state index is 5.96. The Morgan fingerprint density at radius 3 is 2.35 bits per heavy atom. The minimum Gasteiger partial charge on any atom is -0.473 e. The molecule has 0 amide bonds. The maximum Gasteiger partial charge on any atom is 0.254 e. The number of rotatable bonds is 2. The summed E-state index contributed by atoms with van der Waals surface area (Å²) in [4.78, 5) is 4.56. The summed E-state index contributed by atoms with van der Waals surface area (Å²) in [6.45, 7) is 13.6. The van der Waals surface area contributed by atoms with Crippen molar-refractivity contribution in [2.45, 2.75) is 46.0 Å². The Morgan fingerprint density at radius 2 is 1.94 bits per heavy atom. The van der Waals surface area contributed by atoms with E-state index in [4.69, 9.17) is 9.15 Å². The Hall–Kier alpha value is -1.03. The largest absolute Gasteiger partial charge is 0.473 e. The molecule has 0 unspecified atom stereocenters. The SMILES string of the molecule is Cc1cc([Si](C)(C)C)oc1C1=NC(C)(C)CO1. The Kier molecular flexibility index (Phi) is 2.73. The van der Waals surface area contributed by atoms with Crippen LogP contribution in [0.3, 0.4) is 0 Å². The third-order valence-corrected chi connectivity index (χ3v) is 4.54. The predicted octanol–water partition coefficient (Wildman–Crippen LogP) is 2.69. The molecule has 17 heavy (non-hydrogen) atoms. The van der Waals surface area contributed by atoms with E-state index in [-0.39, 0.29) is 5.54 Å². The van der Waals surface area contributed by atoms with Gasteiger partial charge in [-0.3, -0.25) is 0 Å². The summed E-state index contributed by atoms with van der Waals surface area (Å²) in [5.74, 6) is 1.48. The van der Waals surface area contributed by atoms with Crippen LogP contribution in [0.15, 0.2) is 15.5 Å². The van der Waals surface area contributed by atoms with Crippen LogP contribution in [-0.2, 0) is 4.74 Å². The zero-order valence-electron chi connectivity index (χ0n) is 11.5. The quantitative estimate of drug-likeness (QED) is 0.757. The first kappa shape index (κ1) is 12.4. The number of nitrogens with zero attached hydrogens (tertiary/aromatic N) is 1. The number of ether oxygens (including phenoxy) is 1. The molecule has 0 radical (unpaired) electrons. The van der Waals surface area contributed by atoms with Gasteiger partial charge in [0.25, 0.3) is 5.90 Å². The smallest absolute Gasteiger partial charge is 0.254 e. The Bertz CT molecular complexity index is 466. The third kappa shape index (κ3) is 2.46. The van der Waals surface area contributed by atoms with Gasteiger partial charge in [-0.15, -0.1) is 0 Å². The van der Waals surface area contributed by atoms with Crippen molar-refractivity contribution in [2.24, 2.45) is 4.99 Å². The number of aliphatic imine (C=N–C) groups is 1. The monoisotopic (exact) mass is 251 g/mol. The van der Waals surface area contributed by atoms with E-state index in [1.54, 1.807) is 0 Å². The zero-order valence-corrected chi connectivity index (χ0v) is 12.5. The highest BCUT2D eigenvalue weighted by molar-refractivity contribution is 6.87. The summed E-state index contributed by atoms with van der Waals surface area (Å²) in [6.07, 6.45) is 0. The number of hydrogen-bond acceptors (Lipinski definition) is 3. The lowest BCUT2D eigenvalue weighted by Crippen LogP contribution is -2.36. The first-order valence-corrected chi connectivity index (χ1v) is 9.53. The Balaban J connectivity index is 2.38. The molecule has 1 aliphatic heterocycles. The van der Waals surface area contributed by atoms with Crippen molar-refractivity contribution < 1.29 is 9.15 Å². The molecule has 0 atom stereocenters. The summed E-state index contributed by atoms with van der Waals surface area (Å²) in [7, 11) is -1.41. The van der Waals surface area contributed by atoms with Gasteiger partial charge in [0.2, 0.25) is 0 Å². The maximum atomic E-state index is 5.96. The fourth-order valence-corrected chi connectivity index (χ4v) is 2.82. The molecule has 3 nitrogen and oxygen atoms in total. The van der Waals surface area contributed by atoms with E-state index < -0.39 is 8.07 Å². The first-order valence-electron chi connectivity index (χ1n) is 6.03. The fraction of sp³-hybridized carbons (Fsp3) is 0.615. The standard InChI is InChI=1S/C13H21NO2Si/c1-9-7-10(17(4,5)6)16-11(9)12-14-13(2,3)8-15-12/h7H,8H2,1-6H3. The Morgan fingerprint density at radius 1 is 1.29 bits per heavy atom.